The second-order valence-corrected chi connectivity index (χ2v) is 16.8. The number of aliphatic hydroxyl groups excluding tert-OH is 1. The van der Waals surface area contributed by atoms with Gasteiger partial charge in [0.15, 0.2) is 0 Å². The van der Waals surface area contributed by atoms with Gasteiger partial charge in [-0.05, 0) is 114 Å². The van der Waals surface area contributed by atoms with Crippen LogP contribution in [0.4, 0.5) is 0 Å². The highest BCUT2D eigenvalue weighted by Gasteiger charge is 2.73. The average molecular weight is 522 g/mol. The minimum atomic E-state index is -0.229. The van der Waals surface area contributed by atoms with Gasteiger partial charge in [-0.1, -0.05) is 64.4 Å². The van der Waals surface area contributed by atoms with Crippen molar-refractivity contribution in [2.75, 3.05) is 6.61 Å². The number of fused-ring (bicyclic) bond motifs is 5. The van der Waals surface area contributed by atoms with Gasteiger partial charge in [-0.2, -0.15) is 0 Å². The molecule has 6 rings (SSSR count). The van der Waals surface area contributed by atoms with Crippen LogP contribution in [0.25, 0.3) is 0 Å². The molecule has 2 bridgehead atoms. The fourth-order valence-corrected chi connectivity index (χ4v) is 12.6. The van der Waals surface area contributed by atoms with Crippen LogP contribution in [-0.2, 0) is 4.74 Å². The Balaban J connectivity index is 1.40. The van der Waals surface area contributed by atoms with Gasteiger partial charge in [0.2, 0.25) is 0 Å². The second kappa shape index (κ2) is 6.83. The lowest BCUT2D eigenvalue weighted by atomic mass is 9.31. The Morgan fingerprint density at radius 3 is 2.21 bits per heavy atom. The van der Waals surface area contributed by atoms with E-state index in [1.807, 2.05) is 0 Å². The zero-order chi connectivity index (χ0) is 23.8. The van der Waals surface area contributed by atoms with Crippen molar-refractivity contribution in [3.8, 4) is 0 Å². The van der Waals surface area contributed by atoms with E-state index in [9.17, 15) is 5.11 Å². The number of ether oxygens (including phenoxy) is 1. The minimum absolute atomic E-state index is 0.141. The Hall–Kier alpha value is 0.400. The Kier molecular flexibility index (Phi) is 4.92. The van der Waals surface area contributed by atoms with Crippen molar-refractivity contribution in [2.24, 2.45) is 56.2 Å². The van der Waals surface area contributed by atoms with Crippen LogP contribution in [-0.4, -0.2) is 28.7 Å². The van der Waals surface area contributed by atoms with Gasteiger partial charge in [-0.15, -0.1) is 0 Å². The van der Waals surface area contributed by atoms with Gasteiger partial charge in [0.1, 0.15) is 0 Å². The van der Waals surface area contributed by atoms with Crippen LogP contribution in [0.3, 0.4) is 0 Å². The first-order chi connectivity index (χ1) is 15.2. The van der Waals surface area contributed by atoms with E-state index >= 15 is 0 Å². The molecule has 6 fully saturated rings. The molecule has 0 aromatic rings. The van der Waals surface area contributed by atoms with Gasteiger partial charge in [-0.3, -0.25) is 0 Å². The van der Waals surface area contributed by atoms with Gasteiger partial charge >= 0.3 is 0 Å². The van der Waals surface area contributed by atoms with Crippen LogP contribution in [0.1, 0.15) is 106 Å². The summed E-state index contributed by atoms with van der Waals surface area (Å²) in [6.45, 7) is 18.9. The third kappa shape index (κ3) is 2.70. The zero-order valence-electron chi connectivity index (χ0n) is 22.3. The van der Waals surface area contributed by atoms with E-state index in [1.54, 1.807) is 0 Å². The molecule has 2 nitrogen and oxygen atoms in total. The number of halogens is 1. The zero-order valence-corrected chi connectivity index (χ0v) is 23.9. The van der Waals surface area contributed by atoms with Crippen LogP contribution in [0.15, 0.2) is 0 Å². The molecule has 0 radical (unpaired) electrons. The largest absolute Gasteiger partial charge is 0.392 e. The molecule has 3 heteroatoms. The number of aliphatic hydroxyl groups is 1. The summed E-state index contributed by atoms with van der Waals surface area (Å²) in [6.07, 6.45) is 12.2. The second-order valence-electron chi connectivity index (χ2n) is 15.8. The Labute approximate surface area is 211 Å². The van der Waals surface area contributed by atoms with E-state index in [-0.39, 0.29) is 21.8 Å². The van der Waals surface area contributed by atoms with E-state index in [1.165, 1.54) is 51.4 Å². The average Bonchev–Trinajstić information content (AvgIpc) is 3.06. The molecule has 1 heterocycles. The standard InChI is InChI=1S/C30H49BrO2/c1-25(2)12-14-30-15-13-28(6)18(22(30)24(25)33-17-30)8-9-21-27(5)16-19(32)23(31)26(3,4)20(27)10-11-29(21,28)7/h18-24,32H,8-17H2,1-7H3. The first-order valence-electron chi connectivity index (χ1n) is 14.2. The van der Waals surface area contributed by atoms with Crippen molar-refractivity contribution < 1.29 is 9.84 Å². The molecule has 6 aliphatic rings. The maximum atomic E-state index is 11.2. The topological polar surface area (TPSA) is 29.5 Å². The monoisotopic (exact) mass is 520 g/mol. The lowest BCUT2D eigenvalue weighted by molar-refractivity contribution is -0.248. The molecule has 0 spiro atoms. The summed E-state index contributed by atoms with van der Waals surface area (Å²) in [6, 6.07) is 0. The van der Waals surface area contributed by atoms with Crippen LogP contribution in [0, 0.1) is 56.2 Å². The maximum Gasteiger partial charge on any atom is 0.0675 e. The summed E-state index contributed by atoms with van der Waals surface area (Å²) < 4.78 is 6.71. The van der Waals surface area contributed by atoms with Crippen molar-refractivity contribution in [3.63, 3.8) is 0 Å². The van der Waals surface area contributed by atoms with Crippen LogP contribution < -0.4 is 0 Å². The Bertz CT molecular complexity index is 837. The van der Waals surface area contributed by atoms with Crippen LogP contribution in [0.2, 0.25) is 0 Å². The van der Waals surface area contributed by atoms with Crippen molar-refractivity contribution in [1.82, 2.24) is 0 Å². The Morgan fingerprint density at radius 2 is 1.48 bits per heavy atom. The smallest absolute Gasteiger partial charge is 0.0675 e. The highest BCUT2D eigenvalue weighted by Crippen LogP contribution is 2.78. The summed E-state index contributed by atoms with van der Waals surface area (Å²) in [5, 5.41) is 11.2. The molecule has 188 valence electrons. The third-order valence-electron chi connectivity index (χ3n) is 14.0. The van der Waals surface area contributed by atoms with Crippen molar-refractivity contribution in [2.45, 2.75) is 123 Å². The van der Waals surface area contributed by atoms with Crippen molar-refractivity contribution in [3.05, 3.63) is 0 Å². The van der Waals surface area contributed by atoms with Gasteiger partial charge in [0, 0.05) is 4.83 Å². The summed E-state index contributed by atoms with van der Waals surface area (Å²) in [4.78, 5) is 0.214. The van der Waals surface area contributed by atoms with Gasteiger partial charge in [0.25, 0.3) is 0 Å². The van der Waals surface area contributed by atoms with Gasteiger partial charge in [-0.25, -0.2) is 0 Å². The number of hydrogen-bond donors (Lipinski definition) is 1. The fourth-order valence-electron chi connectivity index (χ4n) is 12.1. The van der Waals surface area contributed by atoms with E-state index in [0.29, 0.717) is 33.7 Å². The SMILES string of the molecule is CC1(C)CCC23CCC4(C)C(CCC5C6(C)CC(O)C(Br)C(C)(C)C6CCC54C)C2C1OC3. The Morgan fingerprint density at radius 1 is 0.788 bits per heavy atom. The summed E-state index contributed by atoms with van der Waals surface area (Å²) in [7, 11) is 0. The van der Waals surface area contributed by atoms with Crippen molar-refractivity contribution in [1.29, 1.82) is 0 Å². The number of hydrogen-bond acceptors (Lipinski definition) is 2. The molecular weight excluding hydrogens is 472 g/mol. The highest BCUT2D eigenvalue weighted by molar-refractivity contribution is 9.09. The van der Waals surface area contributed by atoms with E-state index < -0.39 is 0 Å². The molecule has 11 unspecified atom stereocenters. The molecule has 11 atom stereocenters. The third-order valence-corrected chi connectivity index (χ3v) is 15.8. The van der Waals surface area contributed by atoms with Crippen molar-refractivity contribution >= 4 is 15.9 Å². The predicted octanol–water partition coefficient (Wildman–Crippen LogP) is 7.61. The molecule has 1 saturated heterocycles. The first kappa shape index (κ1) is 23.8. The summed E-state index contributed by atoms with van der Waals surface area (Å²) >= 11 is 3.93. The molecular formula is C30H49BrO2. The number of alkyl halides is 1. The molecule has 33 heavy (non-hydrogen) atoms. The van der Waals surface area contributed by atoms with Crippen LogP contribution in [0.5, 0.6) is 0 Å². The molecule has 5 aliphatic carbocycles. The predicted molar refractivity (Wildman–Crippen MR) is 138 cm³/mol. The highest BCUT2D eigenvalue weighted by atomic mass is 79.9. The minimum Gasteiger partial charge on any atom is -0.392 e. The maximum absolute atomic E-state index is 11.2. The molecule has 0 aromatic heterocycles. The first-order valence-corrected chi connectivity index (χ1v) is 15.1. The van der Waals surface area contributed by atoms with Gasteiger partial charge < -0.3 is 9.84 Å². The summed E-state index contributed by atoms with van der Waals surface area (Å²) in [5.74, 6) is 3.00. The van der Waals surface area contributed by atoms with E-state index in [0.717, 1.165) is 30.8 Å². The van der Waals surface area contributed by atoms with Crippen LogP contribution >= 0.6 is 15.9 Å². The molecule has 0 aromatic carbocycles. The van der Waals surface area contributed by atoms with E-state index in [2.05, 4.69) is 64.4 Å². The number of rotatable bonds is 0. The van der Waals surface area contributed by atoms with E-state index in [4.69, 9.17) is 4.74 Å². The normalized spacial score (nSPS) is 60.8. The quantitative estimate of drug-likeness (QED) is 0.333. The lowest BCUT2D eigenvalue weighted by Crippen LogP contribution is -2.68. The molecule has 0 amide bonds. The molecule has 5 saturated carbocycles. The summed E-state index contributed by atoms with van der Waals surface area (Å²) in [5.41, 5.74) is 1.96. The molecule has 1 aliphatic heterocycles. The lowest BCUT2D eigenvalue weighted by Gasteiger charge is -2.73. The molecule has 1 N–H and O–H groups in total. The van der Waals surface area contributed by atoms with Gasteiger partial charge in [0.05, 0.1) is 18.8 Å². The fraction of sp³-hybridized carbons (Fsp3) is 1.00.